The van der Waals surface area contributed by atoms with E-state index in [2.05, 4.69) is 36.6 Å². The molecular formula is C27H36F2N2O4. The summed E-state index contributed by atoms with van der Waals surface area (Å²) in [5.74, 6) is -0.263. The molecule has 0 bridgehead atoms. The molecule has 8 heteroatoms. The Bertz CT molecular complexity index is 1000. The number of alkyl carbamates (subject to hydrolysis) is 1. The number of hydrogen-bond donors (Lipinski definition) is 3. The molecule has 2 aromatic rings. The zero-order valence-corrected chi connectivity index (χ0v) is 21.0. The lowest BCUT2D eigenvalue weighted by molar-refractivity contribution is 0.0418. The second-order valence-corrected chi connectivity index (χ2v) is 10.4. The number of aliphatic hydroxyl groups is 1. The van der Waals surface area contributed by atoms with E-state index in [-0.39, 0.29) is 19.0 Å². The topological polar surface area (TPSA) is 79.8 Å². The normalized spacial score (nSPS) is 17.3. The Morgan fingerprint density at radius 3 is 2.49 bits per heavy atom. The third-order valence-corrected chi connectivity index (χ3v) is 5.86. The van der Waals surface area contributed by atoms with E-state index in [1.54, 1.807) is 20.8 Å². The standard InChI is InChI=1S/C27H36F2N2O4/c1-16(2)18-6-7-25-21(13-18)22(8-9-34-25)30-15-24(32)23(31-26(33)35-27(3,4)5)12-17-10-19(28)14-20(29)11-17/h6-7,10-11,13-14,16,22-24,30,32H,8-9,12,15H2,1-5H3,(H,31,33)/t22-,23-,24+/m0/s1. The van der Waals surface area contributed by atoms with Gasteiger partial charge in [0.05, 0.1) is 18.8 Å². The molecule has 0 radical (unpaired) electrons. The number of amides is 1. The first-order chi connectivity index (χ1) is 16.4. The number of aliphatic hydroxyl groups excluding tert-OH is 1. The molecule has 1 aliphatic heterocycles. The molecule has 1 heterocycles. The van der Waals surface area contributed by atoms with Gasteiger partial charge in [0, 0.05) is 30.6 Å². The van der Waals surface area contributed by atoms with Gasteiger partial charge in [0.15, 0.2) is 0 Å². The molecule has 3 rings (SSSR count). The molecule has 192 valence electrons. The Labute approximate surface area is 206 Å². The Balaban J connectivity index is 1.74. The molecule has 3 N–H and O–H groups in total. The molecule has 0 unspecified atom stereocenters. The van der Waals surface area contributed by atoms with E-state index in [0.717, 1.165) is 23.8 Å². The molecule has 2 aromatic carbocycles. The van der Waals surface area contributed by atoms with Crippen LogP contribution in [0.5, 0.6) is 5.75 Å². The van der Waals surface area contributed by atoms with Gasteiger partial charge in [-0.15, -0.1) is 0 Å². The molecule has 0 saturated carbocycles. The van der Waals surface area contributed by atoms with E-state index < -0.39 is 35.5 Å². The number of halogens is 2. The first-order valence-corrected chi connectivity index (χ1v) is 12.0. The number of carbonyl (C=O) groups is 1. The van der Waals surface area contributed by atoms with Crippen LogP contribution in [-0.4, -0.2) is 42.1 Å². The van der Waals surface area contributed by atoms with Crippen LogP contribution in [0.15, 0.2) is 36.4 Å². The maximum atomic E-state index is 13.7. The van der Waals surface area contributed by atoms with Crippen molar-refractivity contribution >= 4 is 6.09 Å². The Morgan fingerprint density at radius 2 is 1.86 bits per heavy atom. The van der Waals surface area contributed by atoms with Gasteiger partial charge in [-0.1, -0.05) is 26.0 Å². The van der Waals surface area contributed by atoms with Crippen molar-refractivity contribution in [2.45, 2.75) is 77.2 Å². The van der Waals surface area contributed by atoms with Crippen molar-refractivity contribution in [1.29, 1.82) is 0 Å². The number of hydrogen-bond acceptors (Lipinski definition) is 5. The quantitative estimate of drug-likeness (QED) is 0.485. The van der Waals surface area contributed by atoms with Gasteiger partial charge in [-0.3, -0.25) is 0 Å². The van der Waals surface area contributed by atoms with Crippen LogP contribution in [0.2, 0.25) is 0 Å². The molecule has 6 nitrogen and oxygen atoms in total. The predicted molar refractivity (Wildman–Crippen MR) is 131 cm³/mol. The lowest BCUT2D eigenvalue weighted by Crippen LogP contribution is -2.50. The van der Waals surface area contributed by atoms with E-state index in [4.69, 9.17) is 9.47 Å². The van der Waals surface area contributed by atoms with Crippen LogP contribution in [-0.2, 0) is 11.2 Å². The van der Waals surface area contributed by atoms with Gasteiger partial charge in [0.1, 0.15) is 23.0 Å². The molecule has 1 aliphatic rings. The summed E-state index contributed by atoms with van der Waals surface area (Å²) in [7, 11) is 0. The highest BCUT2D eigenvalue weighted by molar-refractivity contribution is 5.68. The van der Waals surface area contributed by atoms with E-state index in [1.807, 2.05) is 6.07 Å². The fraction of sp³-hybridized carbons (Fsp3) is 0.519. The monoisotopic (exact) mass is 490 g/mol. The Kier molecular flexibility index (Phi) is 8.72. The number of nitrogens with one attached hydrogen (secondary N) is 2. The molecule has 3 atom stereocenters. The zero-order chi connectivity index (χ0) is 25.8. The van der Waals surface area contributed by atoms with E-state index in [0.29, 0.717) is 18.1 Å². The van der Waals surface area contributed by atoms with Gasteiger partial charge in [-0.25, -0.2) is 13.6 Å². The van der Waals surface area contributed by atoms with Crippen LogP contribution in [0, 0.1) is 11.6 Å². The summed E-state index contributed by atoms with van der Waals surface area (Å²) in [4.78, 5) is 12.4. The molecule has 0 saturated heterocycles. The lowest BCUT2D eigenvalue weighted by Gasteiger charge is -2.31. The summed E-state index contributed by atoms with van der Waals surface area (Å²) in [5.41, 5.74) is 1.81. The number of rotatable bonds is 8. The highest BCUT2D eigenvalue weighted by atomic mass is 19.1. The Hall–Kier alpha value is -2.71. The molecular weight excluding hydrogens is 454 g/mol. The number of fused-ring (bicyclic) bond motifs is 1. The van der Waals surface area contributed by atoms with Crippen LogP contribution in [0.1, 0.15) is 69.7 Å². The van der Waals surface area contributed by atoms with E-state index >= 15 is 0 Å². The highest BCUT2D eigenvalue weighted by Gasteiger charge is 2.28. The van der Waals surface area contributed by atoms with Crippen molar-refractivity contribution in [3.8, 4) is 5.75 Å². The minimum absolute atomic E-state index is 0.0264. The van der Waals surface area contributed by atoms with Gasteiger partial charge >= 0.3 is 6.09 Å². The molecule has 35 heavy (non-hydrogen) atoms. The average molecular weight is 491 g/mol. The van der Waals surface area contributed by atoms with Crippen molar-refractivity contribution < 1.29 is 28.2 Å². The van der Waals surface area contributed by atoms with Crippen molar-refractivity contribution in [3.63, 3.8) is 0 Å². The van der Waals surface area contributed by atoms with Crippen LogP contribution in [0.3, 0.4) is 0 Å². The molecule has 1 amide bonds. The van der Waals surface area contributed by atoms with Crippen molar-refractivity contribution in [3.05, 3.63) is 64.7 Å². The summed E-state index contributed by atoms with van der Waals surface area (Å²) >= 11 is 0. The summed E-state index contributed by atoms with van der Waals surface area (Å²) in [6.07, 6.45) is -1.01. The fourth-order valence-electron chi connectivity index (χ4n) is 4.11. The van der Waals surface area contributed by atoms with Gasteiger partial charge in [-0.05, 0) is 62.4 Å². The summed E-state index contributed by atoms with van der Waals surface area (Å²) < 4.78 is 38.6. The maximum Gasteiger partial charge on any atom is 0.407 e. The van der Waals surface area contributed by atoms with Crippen molar-refractivity contribution in [2.75, 3.05) is 13.2 Å². The number of ether oxygens (including phenoxy) is 2. The highest BCUT2D eigenvalue weighted by Crippen LogP contribution is 2.34. The van der Waals surface area contributed by atoms with Gasteiger partial charge in [-0.2, -0.15) is 0 Å². The molecule has 0 spiro atoms. The average Bonchev–Trinajstić information content (AvgIpc) is 2.74. The summed E-state index contributed by atoms with van der Waals surface area (Å²) in [6.45, 7) is 10.1. The second kappa shape index (κ2) is 11.4. The van der Waals surface area contributed by atoms with Gasteiger partial charge < -0.3 is 25.2 Å². The van der Waals surface area contributed by atoms with E-state index in [9.17, 15) is 18.7 Å². The van der Waals surface area contributed by atoms with Crippen LogP contribution in [0.4, 0.5) is 13.6 Å². The first kappa shape index (κ1) is 26.9. The van der Waals surface area contributed by atoms with Gasteiger partial charge in [0.2, 0.25) is 0 Å². The number of carbonyl (C=O) groups excluding carboxylic acids is 1. The van der Waals surface area contributed by atoms with E-state index in [1.165, 1.54) is 17.7 Å². The largest absolute Gasteiger partial charge is 0.493 e. The third kappa shape index (κ3) is 7.90. The van der Waals surface area contributed by atoms with Crippen LogP contribution in [0.25, 0.3) is 0 Å². The maximum absolute atomic E-state index is 13.7. The third-order valence-electron chi connectivity index (χ3n) is 5.86. The van der Waals surface area contributed by atoms with Crippen LogP contribution < -0.4 is 15.4 Å². The van der Waals surface area contributed by atoms with Crippen molar-refractivity contribution in [2.24, 2.45) is 0 Å². The molecule has 0 aromatic heterocycles. The Morgan fingerprint density at radius 1 is 1.17 bits per heavy atom. The smallest absolute Gasteiger partial charge is 0.407 e. The lowest BCUT2D eigenvalue weighted by atomic mass is 9.94. The predicted octanol–water partition coefficient (Wildman–Crippen LogP) is 5.00. The number of benzene rings is 2. The van der Waals surface area contributed by atoms with Gasteiger partial charge in [0.25, 0.3) is 0 Å². The summed E-state index contributed by atoms with van der Waals surface area (Å²) in [6, 6.07) is 8.44. The minimum Gasteiger partial charge on any atom is -0.493 e. The SMILES string of the molecule is CC(C)c1ccc2c(c1)[C@@H](NC[C@@H](O)[C@H](Cc1cc(F)cc(F)c1)NC(=O)OC(C)(C)C)CCO2. The fourth-order valence-corrected chi connectivity index (χ4v) is 4.11. The minimum atomic E-state index is -1.05. The zero-order valence-electron chi connectivity index (χ0n) is 21.0. The van der Waals surface area contributed by atoms with Crippen LogP contribution >= 0.6 is 0 Å². The van der Waals surface area contributed by atoms with Crippen molar-refractivity contribution in [1.82, 2.24) is 10.6 Å². The first-order valence-electron chi connectivity index (χ1n) is 12.0. The molecule has 0 fully saturated rings. The molecule has 0 aliphatic carbocycles. The summed E-state index contributed by atoms with van der Waals surface area (Å²) in [5, 5.41) is 17.1. The second-order valence-electron chi connectivity index (χ2n) is 10.4.